The third-order valence-corrected chi connectivity index (χ3v) is 3.06. The summed E-state index contributed by atoms with van der Waals surface area (Å²) in [6.07, 6.45) is 0. The van der Waals surface area contributed by atoms with E-state index in [1.807, 2.05) is 0 Å². The van der Waals surface area contributed by atoms with Gasteiger partial charge in [0.05, 0.1) is 10.0 Å². The van der Waals surface area contributed by atoms with E-state index in [1.165, 1.54) is 12.1 Å². The lowest BCUT2D eigenvalue weighted by molar-refractivity contribution is 0.0696. The van der Waals surface area contributed by atoms with Gasteiger partial charge in [0, 0.05) is 5.02 Å². The number of carbonyl (C=O) groups is 1. The van der Waals surface area contributed by atoms with Crippen LogP contribution < -0.4 is 4.74 Å². The zero-order valence-electron chi connectivity index (χ0n) is 9.06. The van der Waals surface area contributed by atoms with Crippen molar-refractivity contribution in [3.63, 3.8) is 0 Å². The van der Waals surface area contributed by atoms with Crippen LogP contribution in [0.15, 0.2) is 46.9 Å². The normalized spacial score (nSPS) is 10.1. The van der Waals surface area contributed by atoms with Crippen molar-refractivity contribution in [2.45, 2.75) is 0 Å². The molecule has 0 unspecified atom stereocenters. The van der Waals surface area contributed by atoms with Gasteiger partial charge in [-0.05, 0) is 52.3 Å². The van der Waals surface area contributed by atoms with E-state index in [1.54, 1.807) is 30.3 Å². The third kappa shape index (κ3) is 3.03. The number of ether oxygens (including phenoxy) is 1. The second kappa shape index (κ2) is 5.42. The van der Waals surface area contributed by atoms with E-state index in [2.05, 4.69) is 15.9 Å². The van der Waals surface area contributed by atoms with Crippen LogP contribution in [0.3, 0.4) is 0 Å². The number of rotatable bonds is 3. The minimum Gasteiger partial charge on any atom is -0.478 e. The number of halogens is 2. The monoisotopic (exact) mass is 326 g/mol. The standard InChI is InChI=1S/C13H8BrClO3/c14-11-7-9(15)4-5-12(11)18-10-3-1-2-8(6-10)13(16)17/h1-7H,(H,16,17). The Labute approximate surface area is 117 Å². The lowest BCUT2D eigenvalue weighted by Crippen LogP contribution is -1.96. The van der Waals surface area contributed by atoms with Crippen molar-refractivity contribution in [3.05, 3.63) is 57.5 Å². The number of hydrogen-bond donors (Lipinski definition) is 1. The number of aromatic carboxylic acids is 1. The van der Waals surface area contributed by atoms with E-state index in [-0.39, 0.29) is 5.56 Å². The van der Waals surface area contributed by atoms with Crippen LogP contribution in [0, 0.1) is 0 Å². The number of hydrogen-bond acceptors (Lipinski definition) is 2. The predicted molar refractivity (Wildman–Crippen MR) is 72.6 cm³/mol. The van der Waals surface area contributed by atoms with Crippen LogP contribution in [0.4, 0.5) is 0 Å². The molecule has 18 heavy (non-hydrogen) atoms. The van der Waals surface area contributed by atoms with Crippen molar-refractivity contribution >= 4 is 33.5 Å². The maximum atomic E-state index is 10.8. The molecular weight excluding hydrogens is 319 g/mol. The summed E-state index contributed by atoms with van der Waals surface area (Å²) in [4.78, 5) is 10.8. The topological polar surface area (TPSA) is 46.5 Å². The zero-order valence-corrected chi connectivity index (χ0v) is 11.4. The Balaban J connectivity index is 2.28. The minimum absolute atomic E-state index is 0.178. The van der Waals surface area contributed by atoms with Crippen LogP contribution in [0.1, 0.15) is 10.4 Å². The van der Waals surface area contributed by atoms with Crippen molar-refractivity contribution in [2.24, 2.45) is 0 Å². The molecule has 2 aromatic rings. The summed E-state index contributed by atoms with van der Waals surface area (Å²) in [5.41, 5.74) is 0.178. The molecular formula is C13H8BrClO3. The van der Waals surface area contributed by atoms with Crippen LogP contribution in [0.5, 0.6) is 11.5 Å². The van der Waals surface area contributed by atoms with Crippen molar-refractivity contribution < 1.29 is 14.6 Å². The highest BCUT2D eigenvalue weighted by atomic mass is 79.9. The van der Waals surface area contributed by atoms with Gasteiger partial charge in [-0.1, -0.05) is 17.7 Å². The first-order valence-electron chi connectivity index (χ1n) is 5.02. The minimum atomic E-state index is -0.990. The molecule has 92 valence electrons. The molecule has 2 aromatic carbocycles. The Kier molecular flexibility index (Phi) is 3.89. The Morgan fingerprint density at radius 2 is 2.00 bits per heavy atom. The van der Waals surface area contributed by atoms with Gasteiger partial charge in [0.15, 0.2) is 0 Å². The van der Waals surface area contributed by atoms with Gasteiger partial charge >= 0.3 is 5.97 Å². The van der Waals surface area contributed by atoms with E-state index in [9.17, 15) is 4.79 Å². The largest absolute Gasteiger partial charge is 0.478 e. The van der Waals surface area contributed by atoms with E-state index in [4.69, 9.17) is 21.4 Å². The fourth-order valence-electron chi connectivity index (χ4n) is 1.38. The van der Waals surface area contributed by atoms with Gasteiger partial charge in [0.25, 0.3) is 0 Å². The van der Waals surface area contributed by atoms with Crippen molar-refractivity contribution in [2.75, 3.05) is 0 Å². The quantitative estimate of drug-likeness (QED) is 0.896. The maximum absolute atomic E-state index is 10.8. The summed E-state index contributed by atoms with van der Waals surface area (Å²) in [6.45, 7) is 0. The highest BCUT2D eigenvalue weighted by Gasteiger charge is 2.07. The second-order valence-corrected chi connectivity index (χ2v) is 4.80. The first kappa shape index (κ1) is 12.9. The highest BCUT2D eigenvalue weighted by Crippen LogP contribution is 2.32. The molecule has 1 N–H and O–H groups in total. The third-order valence-electron chi connectivity index (χ3n) is 2.20. The van der Waals surface area contributed by atoms with Crippen LogP contribution in [0.25, 0.3) is 0 Å². The van der Waals surface area contributed by atoms with Crippen LogP contribution >= 0.6 is 27.5 Å². The predicted octanol–water partition coefficient (Wildman–Crippen LogP) is 4.59. The van der Waals surface area contributed by atoms with E-state index in [0.29, 0.717) is 21.0 Å². The van der Waals surface area contributed by atoms with Crippen molar-refractivity contribution in [1.29, 1.82) is 0 Å². The number of benzene rings is 2. The Morgan fingerprint density at radius 1 is 1.22 bits per heavy atom. The SMILES string of the molecule is O=C(O)c1cccc(Oc2ccc(Cl)cc2Br)c1. The lowest BCUT2D eigenvalue weighted by atomic mass is 10.2. The molecule has 3 nitrogen and oxygen atoms in total. The number of carboxylic acid groups (broad SMARTS) is 1. The summed E-state index contributed by atoms with van der Waals surface area (Å²) >= 11 is 9.15. The van der Waals surface area contributed by atoms with Crippen LogP contribution in [-0.2, 0) is 0 Å². The Hall–Kier alpha value is -1.52. The summed E-state index contributed by atoms with van der Waals surface area (Å²) in [7, 11) is 0. The molecule has 0 aromatic heterocycles. The molecule has 0 saturated carbocycles. The molecule has 0 atom stereocenters. The van der Waals surface area contributed by atoms with Gasteiger partial charge < -0.3 is 9.84 Å². The molecule has 0 heterocycles. The molecule has 0 spiro atoms. The fourth-order valence-corrected chi connectivity index (χ4v) is 2.14. The molecule has 0 fully saturated rings. The maximum Gasteiger partial charge on any atom is 0.335 e. The van der Waals surface area contributed by atoms with Crippen LogP contribution in [-0.4, -0.2) is 11.1 Å². The van der Waals surface area contributed by atoms with Gasteiger partial charge in [-0.25, -0.2) is 4.79 Å². The van der Waals surface area contributed by atoms with Gasteiger partial charge in [0.1, 0.15) is 11.5 Å². The van der Waals surface area contributed by atoms with Crippen molar-refractivity contribution in [3.8, 4) is 11.5 Å². The van der Waals surface area contributed by atoms with Gasteiger partial charge in [-0.15, -0.1) is 0 Å². The smallest absolute Gasteiger partial charge is 0.335 e. The summed E-state index contributed by atoms with van der Waals surface area (Å²) in [5.74, 6) is 0.0375. The first-order valence-corrected chi connectivity index (χ1v) is 6.19. The van der Waals surface area contributed by atoms with E-state index in [0.717, 1.165) is 0 Å². The first-order chi connectivity index (χ1) is 8.56. The molecule has 5 heteroatoms. The molecule has 2 rings (SSSR count). The highest BCUT2D eigenvalue weighted by molar-refractivity contribution is 9.10. The molecule has 0 bridgehead atoms. The van der Waals surface area contributed by atoms with E-state index >= 15 is 0 Å². The summed E-state index contributed by atoms with van der Waals surface area (Å²) in [5, 5.41) is 9.48. The van der Waals surface area contributed by atoms with Gasteiger partial charge in [0.2, 0.25) is 0 Å². The molecule has 0 radical (unpaired) electrons. The average Bonchev–Trinajstić information content (AvgIpc) is 2.33. The summed E-state index contributed by atoms with van der Waals surface area (Å²) in [6, 6.07) is 11.4. The zero-order chi connectivity index (χ0) is 13.1. The van der Waals surface area contributed by atoms with Gasteiger partial charge in [-0.3, -0.25) is 0 Å². The molecule has 0 aliphatic rings. The van der Waals surface area contributed by atoms with Crippen molar-refractivity contribution in [1.82, 2.24) is 0 Å². The second-order valence-electron chi connectivity index (χ2n) is 3.51. The molecule has 0 aliphatic carbocycles. The molecule has 0 aliphatic heterocycles. The molecule has 0 amide bonds. The van der Waals surface area contributed by atoms with Gasteiger partial charge in [-0.2, -0.15) is 0 Å². The Morgan fingerprint density at radius 3 is 2.67 bits per heavy atom. The van der Waals surface area contributed by atoms with Crippen LogP contribution in [0.2, 0.25) is 5.02 Å². The molecule has 0 saturated heterocycles. The number of carboxylic acids is 1. The Bertz CT molecular complexity index is 599. The fraction of sp³-hybridized carbons (Fsp3) is 0. The summed E-state index contributed by atoms with van der Waals surface area (Å²) < 4.78 is 6.29. The van der Waals surface area contributed by atoms with E-state index < -0.39 is 5.97 Å². The average molecular weight is 328 g/mol. The lowest BCUT2D eigenvalue weighted by Gasteiger charge is -2.08.